The Balaban J connectivity index is 0.000000300. The van der Waals surface area contributed by atoms with Crippen LogP contribution in [0.3, 0.4) is 0 Å². The van der Waals surface area contributed by atoms with Crippen LogP contribution in [0, 0.1) is 0 Å². The highest BCUT2D eigenvalue weighted by Crippen LogP contribution is 2.25. The number of unbranched alkanes of at least 4 members (excludes halogenated alkanes) is 6. The number of rotatable bonds is 51. The number of hydrogen-bond acceptors (Lipinski definition) is 31. The predicted molar refractivity (Wildman–Crippen MR) is 568 cm³/mol. The van der Waals surface area contributed by atoms with Gasteiger partial charge < -0.3 is 64.6 Å². The number of H-pyrrole nitrogens is 3. The molecule has 13 aromatic rings. The summed E-state index contributed by atoms with van der Waals surface area (Å²) in [6.07, 6.45) is 20.1. The van der Waals surface area contributed by atoms with Gasteiger partial charge in [0.25, 0.3) is 0 Å². The summed E-state index contributed by atoms with van der Waals surface area (Å²) in [5.41, 5.74) is 22.1. The molecule has 3 heterocycles. The standard InChI is InChI=1S/C42H46N12O7.C38H38N4O7.C15H12N2O3.C8H18O3.C2H4N4.2CH4/c55-39(51-37-43-27-45-53-37)47-33-13-5-29(6-14-33)25-31-9-17-35(18-10-31)49-41(57)60-23-3-1-21-59-22-2-4-24-61-42(58)50-36-19-11-32(12-20-36)26-30-7-15-34(16-8-30)48-40(56)52-38-44-28-46-54-38;43-27-39-33-13-5-29(6-14-33)25-31-9-17-35(18-10-31)41-37(45)48-23-3-1-21-47-22-2-4-24-49-38(46)42-36-19-11-32(12-20-36)26-30-7-15-34(16-8-30)40-28-44;18-10-16-14-5-1-12(2-6-14)9-13-3-7-15(8-4-13)17-11-20-19;9-5-1-3-7-11-8-4-2-6-10;3-2-4-1-5-6-2;;/h5-20,27-28H,1-4,21-26H2,(H,49,57)(H,50,58)(H3,43,45,47,51,53,55)(H3,44,46,48,52,54,56);5-20H,1-4,21-26H2,(H,41,45)(H,42,46);1-8,11,19H,9H2;9-10H,1-8H2;1H,(H3,3,4,5,6);2*1H4. The minimum absolute atomic E-state index is 0. The number of aliphatic hydroxyl groups is 2. The number of aliphatic imine (C=N–C) groups is 4. The number of urea groups is 2. The van der Waals surface area contributed by atoms with Crippen molar-refractivity contribution in [1.29, 1.82) is 0 Å². The molecule has 3 aromatic heterocycles. The summed E-state index contributed by atoms with van der Waals surface area (Å²) in [6, 6.07) is 73.8. The Bertz CT molecular complexity index is 5830. The van der Waals surface area contributed by atoms with Gasteiger partial charge in [-0.25, -0.2) is 73.7 Å². The molecule has 0 saturated carbocycles. The average molecular weight is 2040 g/mol. The second-order valence-electron chi connectivity index (χ2n) is 31.9. The first kappa shape index (κ1) is 118. The molecule has 42 heteroatoms. The summed E-state index contributed by atoms with van der Waals surface area (Å²) in [4.78, 5) is 133. The van der Waals surface area contributed by atoms with Crippen molar-refractivity contribution in [2.45, 2.75) is 124 Å². The number of nitrogens with one attached hydrogen (secondary N) is 11. The number of aromatic amines is 3. The summed E-state index contributed by atoms with van der Waals surface area (Å²) in [6.45, 7) is 5.25. The summed E-state index contributed by atoms with van der Waals surface area (Å²) in [5, 5.41) is 64.9. The maximum Gasteiger partial charge on any atom is 0.411 e. The number of anilines is 9. The molecule has 0 aliphatic carbocycles. The number of isocyanates is 3. The van der Waals surface area contributed by atoms with Crippen molar-refractivity contribution < 1.29 is 96.7 Å². The minimum atomic E-state index is -0.521. The van der Waals surface area contributed by atoms with Gasteiger partial charge in [0.15, 0.2) is 0 Å². The number of ether oxygens (including phenoxy) is 7. The number of aliphatic hydroxyl groups excluding tert-OH is 2. The molecule has 13 rings (SSSR count). The van der Waals surface area contributed by atoms with E-state index < -0.39 is 36.4 Å². The lowest BCUT2D eigenvalue weighted by Gasteiger charge is -2.09. The maximum atomic E-state index is 12.2. The van der Waals surface area contributed by atoms with Gasteiger partial charge in [0.1, 0.15) is 19.0 Å². The zero-order valence-corrected chi connectivity index (χ0v) is 80.7. The van der Waals surface area contributed by atoms with Gasteiger partial charge in [-0.1, -0.05) is 136 Å². The van der Waals surface area contributed by atoms with Gasteiger partial charge in [-0.3, -0.25) is 31.9 Å². The lowest BCUT2D eigenvalue weighted by atomic mass is 10.0. The molecule has 0 aliphatic rings. The van der Waals surface area contributed by atoms with Gasteiger partial charge in [0.2, 0.25) is 42.5 Å². The van der Waals surface area contributed by atoms with E-state index in [2.05, 4.69) is 113 Å². The van der Waals surface area contributed by atoms with Crippen molar-refractivity contribution in [2.24, 2.45) is 20.0 Å². The normalized spacial score (nSPS) is 10.2. The number of nitrogen functional groups attached to an aromatic ring is 1. The van der Waals surface area contributed by atoms with Crippen LogP contribution in [0.15, 0.2) is 282 Å². The topological polar surface area (TPSA) is 585 Å². The summed E-state index contributed by atoms with van der Waals surface area (Å²) < 4.78 is 37.6. The fraction of sp³-hybridized carbons (Fsp3) is 0.290. The van der Waals surface area contributed by atoms with E-state index in [1.807, 2.05) is 206 Å². The molecule has 0 radical (unpaired) electrons. The largest absolute Gasteiger partial charge is 0.449 e. The Kier molecular flexibility index (Phi) is 57.0. The molecular formula is C107H126N22O20. The van der Waals surface area contributed by atoms with Gasteiger partial charge >= 0.3 is 36.4 Å². The van der Waals surface area contributed by atoms with E-state index in [1.54, 1.807) is 36.4 Å². The third-order valence-corrected chi connectivity index (χ3v) is 20.6. The molecule has 10 aromatic carbocycles. The number of hydrogen-bond donors (Lipinski definition) is 15. The van der Waals surface area contributed by atoms with E-state index in [1.165, 1.54) is 37.2 Å². The zero-order chi connectivity index (χ0) is 104. The van der Waals surface area contributed by atoms with Crippen LogP contribution in [0.1, 0.15) is 148 Å². The lowest BCUT2D eigenvalue weighted by Crippen LogP contribution is -2.20. The molecule has 0 unspecified atom stereocenters. The van der Waals surface area contributed by atoms with Crippen molar-refractivity contribution in [2.75, 3.05) is 128 Å². The summed E-state index contributed by atoms with van der Waals surface area (Å²) in [7, 11) is 0. The van der Waals surface area contributed by atoms with Crippen LogP contribution in [-0.2, 0) is 84.5 Å². The molecular weight excluding hydrogens is 1910 g/mol. The fourth-order valence-electron chi connectivity index (χ4n) is 13.1. The first-order valence-corrected chi connectivity index (χ1v) is 47.1. The highest BCUT2D eigenvalue weighted by molar-refractivity contribution is 5.99. The molecule has 42 nitrogen and oxygen atoms in total. The highest BCUT2D eigenvalue weighted by atomic mass is 17.1. The number of aromatic nitrogens is 9. The number of benzene rings is 10. The first-order valence-electron chi connectivity index (χ1n) is 47.1. The Morgan fingerprint density at radius 2 is 0.517 bits per heavy atom. The summed E-state index contributed by atoms with van der Waals surface area (Å²) in [5.74, 6) is 0.863. The average Bonchev–Trinajstić information content (AvgIpc) is 1.89. The van der Waals surface area contributed by atoms with Crippen LogP contribution in [0.25, 0.3) is 0 Å². The van der Waals surface area contributed by atoms with Crippen molar-refractivity contribution in [3.05, 3.63) is 317 Å². The van der Waals surface area contributed by atoms with Crippen molar-refractivity contribution in [1.82, 2.24) is 45.5 Å². The van der Waals surface area contributed by atoms with Gasteiger partial charge in [0.05, 0.1) is 49.2 Å². The van der Waals surface area contributed by atoms with E-state index in [0.29, 0.717) is 141 Å². The number of nitrogens with zero attached hydrogens (tertiary/aromatic N) is 10. The Labute approximate surface area is 862 Å². The number of nitrogens with two attached hydrogens (primary N) is 1. The predicted octanol–water partition coefficient (Wildman–Crippen LogP) is 20.5. The second kappa shape index (κ2) is 71.8. The Morgan fingerprint density at radius 3 is 0.725 bits per heavy atom. The molecule has 0 fully saturated rings. The van der Waals surface area contributed by atoms with Crippen LogP contribution >= 0.6 is 0 Å². The number of carbonyl (C=O) groups is 6. The number of carbonyl (C=O) groups excluding carboxylic acids is 9. The molecule has 0 saturated heterocycles. The molecule has 784 valence electrons. The second-order valence-corrected chi connectivity index (χ2v) is 31.9. The van der Waals surface area contributed by atoms with Gasteiger partial charge in [-0.2, -0.15) is 40.2 Å². The summed E-state index contributed by atoms with van der Waals surface area (Å²) >= 11 is 0. The first-order chi connectivity index (χ1) is 71.9. The highest BCUT2D eigenvalue weighted by Gasteiger charge is 2.14. The van der Waals surface area contributed by atoms with E-state index >= 15 is 0 Å². The van der Waals surface area contributed by atoms with E-state index in [4.69, 9.17) is 54.4 Å². The third-order valence-electron chi connectivity index (χ3n) is 20.6. The molecule has 0 spiro atoms. The van der Waals surface area contributed by atoms with Crippen molar-refractivity contribution >= 4 is 136 Å². The zero-order valence-electron chi connectivity index (χ0n) is 80.7. The maximum absolute atomic E-state index is 12.2. The van der Waals surface area contributed by atoms with Crippen LogP contribution in [0.2, 0.25) is 0 Å². The van der Waals surface area contributed by atoms with Gasteiger partial charge in [0, 0.05) is 87.0 Å². The molecule has 16 N–H and O–H groups in total. The van der Waals surface area contributed by atoms with E-state index in [0.717, 1.165) is 133 Å². The van der Waals surface area contributed by atoms with Crippen molar-refractivity contribution in [3.8, 4) is 0 Å². The molecule has 0 bridgehead atoms. The molecule has 8 amide bonds. The van der Waals surface area contributed by atoms with Gasteiger partial charge in [-0.05, 0) is 286 Å². The molecule has 0 aliphatic heterocycles. The monoisotopic (exact) mass is 2040 g/mol. The van der Waals surface area contributed by atoms with E-state index in [-0.39, 0.29) is 66.4 Å². The van der Waals surface area contributed by atoms with Crippen LogP contribution in [0.4, 0.5) is 103 Å². The quantitative estimate of drug-likeness (QED) is 0.00320. The molecule has 0 atom stereocenters. The number of amides is 8. The molecule has 149 heavy (non-hydrogen) atoms. The minimum Gasteiger partial charge on any atom is -0.449 e. The van der Waals surface area contributed by atoms with E-state index in [9.17, 15) is 43.2 Å². The SMILES string of the molecule is C.C.Nc1ncn[nH]1.O=C(Nc1ccc(Cc2ccc(NC(=O)OCCCCOCCCCOC(=O)Nc3ccc(Cc4ccc(NC(=O)Nc5ncn[nH]5)cc4)cc3)cc2)cc1)Nc1ncn[nH]1.O=C=Nc1ccc(Cc2ccc(N=COO)cc2)cc1.O=C=Nc1ccc(Cc2ccc(NC(=O)OCCCCOCCCCOC(=O)Nc3ccc(Cc4ccc(N=C=O)cc4)cc3)cc2)cc1.OCCCCOCCCCO. The van der Waals surface area contributed by atoms with Gasteiger partial charge in [-0.15, -0.1) is 0 Å². The lowest BCUT2D eigenvalue weighted by molar-refractivity contribution is -0.147. The third kappa shape index (κ3) is 51.5. The van der Waals surface area contributed by atoms with Crippen LogP contribution in [0.5, 0.6) is 0 Å². The van der Waals surface area contributed by atoms with Crippen molar-refractivity contribution in [3.63, 3.8) is 0 Å². The fourth-order valence-corrected chi connectivity index (χ4v) is 13.1. The Hall–Kier alpha value is -17.6. The Morgan fingerprint density at radius 1 is 0.295 bits per heavy atom. The smallest absolute Gasteiger partial charge is 0.411 e. The van der Waals surface area contributed by atoms with Crippen LogP contribution in [-0.4, -0.2) is 201 Å². The van der Waals surface area contributed by atoms with Crippen LogP contribution < -0.4 is 48.3 Å².